The van der Waals surface area contributed by atoms with Crippen molar-refractivity contribution in [1.82, 2.24) is 10.2 Å². The molecule has 0 atom stereocenters. The summed E-state index contributed by atoms with van der Waals surface area (Å²) in [6.07, 6.45) is 4.31. The highest BCUT2D eigenvalue weighted by Gasteiger charge is 2.24. The van der Waals surface area contributed by atoms with Gasteiger partial charge in [0, 0.05) is 95.9 Å². The maximum atomic E-state index is 13.7. The number of carbonyl (C=O) groups excluding carboxylic acids is 2. The minimum atomic E-state index is -0.142. The fraction of sp³-hybridized carbons (Fsp3) is 0.167. The molecule has 0 radical (unpaired) electrons. The first kappa shape index (κ1) is 37.5. The van der Waals surface area contributed by atoms with Crippen LogP contribution in [0.1, 0.15) is 45.7 Å². The van der Waals surface area contributed by atoms with Crippen molar-refractivity contribution in [2.45, 2.75) is 26.2 Å². The van der Waals surface area contributed by atoms with Gasteiger partial charge in [-0.15, -0.1) is 0 Å². The number of hydrogen-bond acceptors (Lipinski definition) is 6. The van der Waals surface area contributed by atoms with E-state index < -0.39 is 0 Å². The maximum absolute atomic E-state index is 13.7. The lowest BCUT2D eigenvalue weighted by molar-refractivity contribution is -0.673. The van der Waals surface area contributed by atoms with Gasteiger partial charge in [-0.25, -0.2) is 0 Å². The molecule has 1 aliphatic rings. The molecular weight excluding hydrogens is 721 g/mol. The molecule has 10 nitrogen and oxygen atoms in total. The van der Waals surface area contributed by atoms with Crippen LogP contribution in [-0.4, -0.2) is 36.9 Å². The van der Waals surface area contributed by atoms with Gasteiger partial charge < -0.3 is 33.2 Å². The van der Waals surface area contributed by atoms with Crippen molar-refractivity contribution < 1.29 is 18.7 Å². The van der Waals surface area contributed by atoms with E-state index in [1.54, 1.807) is 4.90 Å². The Labute approximate surface area is 336 Å². The number of nitrogens with two attached hydrogens (primary N) is 4. The number of aryl methyl sites for hydroxylation is 1. The Morgan fingerprint density at radius 2 is 1.40 bits per heavy atom. The van der Waals surface area contributed by atoms with Crippen LogP contribution < -0.4 is 48.0 Å². The lowest BCUT2D eigenvalue weighted by atomic mass is 9.98. The van der Waals surface area contributed by atoms with Crippen molar-refractivity contribution in [3.8, 4) is 16.9 Å². The van der Waals surface area contributed by atoms with E-state index in [0.717, 1.165) is 84.9 Å². The highest BCUT2D eigenvalue weighted by Crippen LogP contribution is 2.30. The molecule has 5 aromatic carbocycles. The summed E-state index contributed by atoms with van der Waals surface area (Å²) < 4.78 is 4.20. The summed E-state index contributed by atoms with van der Waals surface area (Å²) in [4.78, 5) is 28.8. The van der Waals surface area contributed by atoms with Crippen LogP contribution >= 0.6 is 0 Å². The number of unbranched alkanes of at least 4 members (excludes halogenated alkanes) is 2. The van der Waals surface area contributed by atoms with Crippen molar-refractivity contribution in [1.29, 1.82) is 0 Å². The van der Waals surface area contributed by atoms with Crippen LogP contribution in [0.2, 0.25) is 0 Å². The van der Waals surface area contributed by atoms with Gasteiger partial charge in [-0.2, -0.15) is 9.13 Å². The van der Waals surface area contributed by atoms with E-state index in [9.17, 15) is 9.59 Å². The molecule has 0 spiro atoms. The van der Waals surface area contributed by atoms with E-state index in [-0.39, 0.29) is 11.8 Å². The summed E-state index contributed by atoms with van der Waals surface area (Å²) >= 11 is 0. The number of aromatic nitrogens is 2. The third-order valence-corrected chi connectivity index (χ3v) is 11.0. The number of allylic oxidation sites excluding steroid dienone is 1. The third kappa shape index (κ3) is 6.99. The molecule has 1 aliphatic carbocycles. The van der Waals surface area contributed by atoms with Gasteiger partial charge >= 0.3 is 0 Å². The number of pyridine rings is 2. The summed E-state index contributed by atoms with van der Waals surface area (Å²) in [6, 6.07) is 33.0. The fourth-order valence-corrected chi connectivity index (χ4v) is 8.10. The molecule has 9 N–H and O–H groups in total. The minimum Gasteiger partial charge on any atom is -0.399 e. The Morgan fingerprint density at radius 1 is 0.707 bits per heavy atom. The number of rotatable bonds is 10. The van der Waals surface area contributed by atoms with Gasteiger partial charge in [-0.1, -0.05) is 30.0 Å². The van der Waals surface area contributed by atoms with E-state index in [1.165, 1.54) is 0 Å². The monoisotopic (exact) mass is 766 g/mol. The van der Waals surface area contributed by atoms with Crippen molar-refractivity contribution in [2.75, 3.05) is 37.3 Å². The molecule has 0 saturated heterocycles. The Balaban J connectivity index is 0.909. The van der Waals surface area contributed by atoms with E-state index in [1.807, 2.05) is 123 Å². The highest BCUT2D eigenvalue weighted by atomic mass is 16.2. The molecule has 0 saturated carbocycles. The maximum Gasteiger partial charge on any atom is 0.253 e. The summed E-state index contributed by atoms with van der Waals surface area (Å²) in [5, 5.41) is 9.99. The topological polar surface area (TPSA) is 161 Å². The Kier molecular flexibility index (Phi) is 9.89. The number of benzene rings is 5. The van der Waals surface area contributed by atoms with Gasteiger partial charge in [0.1, 0.15) is 12.3 Å². The molecular formula is C48H46N8O2+2. The zero-order valence-electron chi connectivity index (χ0n) is 32.9. The highest BCUT2D eigenvalue weighted by molar-refractivity contribution is 6.07. The molecule has 2 aromatic heterocycles. The van der Waals surface area contributed by atoms with E-state index in [2.05, 4.69) is 32.8 Å². The Morgan fingerprint density at radius 3 is 2.19 bits per heavy atom. The number of hydrogen-bond donors (Lipinski definition) is 5. The number of fused-ring (bicyclic) bond motifs is 6. The zero-order chi connectivity index (χ0) is 40.7. The molecule has 288 valence electrons. The van der Waals surface area contributed by atoms with Gasteiger partial charge in [-0.3, -0.25) is 9.59 Å². The lowest BCUT2D eigenvalue weighted by Gasteiger charge is -2.18. The minimum absolute atomic E-state index is 0.0621. The average Bonchev–Trinajstić information content (AvgIpc) is 3.22. The molecule has 0 bridgehead atoms. The SMILES string of the molecule is Cc1c2cc(N)ccc2c2ccc(N)cc2[n+]1-c1cccc(C(=O)NCCCCCN(C)C(=O)c2cccc(-c3c4cc(N)ccc4c4c([n+]3C)=CC(N)=C=C=4)c2)c1. The molecule has 58 heavy (non-hydrogen) atoms. The van der Waals surface area contributed by atoms with Crippen molar-refractivity contribution in [3.63, 3.8) is 0 Å². The van der Waals surface area contributed by atoms with Gasteiger partial charge in [0.15, 0.2) is 5.69 Å². The molecule has 7 aromatic rings. The van der Waals surface area contributed by atoms with Crippen molar-refractivity contribution in [3.05, 3.63) is 142 Å². The molecule has 10 heteroatoms. The van der Waals surface area contributed by atoms with E-state index in [0.29, 0.717) is 47.0 Å². The predicted molar refractivity (Wildman–Crippen MR) is 233 cm³/mol. The molecule has 8 rings (SSSR count). The summed E-state index contributed by atoms with van der Waals surface area (Å²) in [5.74, 6) is -0.204. The Bertz CT molecular complexity index is 3070. The quantitative estimate of drug-likeness (QED) is 0.0442. The second-order valence-corrected chi connectivity index (χ2v) is 15.0. The number of anilines is 3. The first-order chi connectivity index (χ1) is 28.0. The molecule has 0 fully saturated rings. The normalized spacial score (nSPS) is 11.9. The first-order valence-electron chi connectivity index (χ1n) is 19.4. The van der Waals surface area contributed by atoms with Crippen LogP contribution in [0, 0.1) is 6.92 Å². The van der Waals surface area contributed by atoms with Crippen LogP contribution in [-0.2, 0) is 7.05 Å². The fourth-order valence-electron chi connectivity index (χ4n) is 8.10. The van der Waals surface area contributed by atoms with Crippen LogP contribution in [0.15, 0.2) is 115 Å². The lowest BCUT2D eigenvalue weighted by Crippen LogP contribution is -2.56. The van der Waals surface area contributed by atoms with Crippen LogP contribution in [0.5, 0.6) is 0 Å². The molecule has 2 amide bonds. The molecule has 0 aliphatic heterocycles. The second-order valence-electron chi connectivity index (χ2n) is 15.0. The van der Waals surface area contributed by atoms with E-state index >= 15 is 0 Å². The Hall–Kier alpha value is -7.38. The predicted octanol–water partition coefficient (Wildman–Crippen LogP) is 4.81. The van der Waals surface area contributed by atoms with Gasteiger partial charge in [0.2, 0.25) is 22.2 Å². The summed E-state index contributed by atoms with van der Waals surface area (Å²) in [7, 11) is 3.81. The smallest absolute Gasteiger partial charge is 0.253 e. The van der Waals surface area contributed by atoms with Gasteiger partial charge in [-0.05, 0) is 85.7 Å². The van der Waals surface area contributed by atoms with Gasteiger partial charge in [0.05, 0.1) is 21.9 Å². The van der Waals surface area contributed by atoms with Crippen LogP contribution in [0.4, 0.5) is 17.1 Å². The second kappa shape index (κ2) is 15.3. The summed E-state index contributed by atoms with van der Waals surface area (Å²) in [5.41, 5.74) is 39.3. The molecule has 0 unspecified atom stereocenters. The summed E-state index contributed by atoms with van der Waals surface area (Å²) in [6.45, 7) is 3.16. The third-order valence-electron chi connectivity index (χ3n) is 11.0. The van der Waals surface area contributed by atoms with Crippen LogP contribution in [0.3, 0.4) is 0 Å². The van der Waals surface area contributed by atoms with Crippen LogP contribution in [0.25, 0.3) is 61.2 Å². The van der Waals surface area contributed by atoms with Crippen molar-refractivity contribution >= 4 is 73.1 Å². The number of amides is 2. The van der Waals surface area contributed by atoms with Gasteiger partial charge in [0.25, 0.3) is 11.8 Å². The van der Waals surface area contributed by atoms with Crippen molar-refractivity contribution in [2.24, 2.45) is 12.8 Å². The number of nitrogens with zero attached hydrogens (tertiary/aromatic N) is 3. The number of nitrogen functional groups attached to an aromatic ring is 3. The standard InChI is InChI=1S/C48H44N8O2/c1-29-42-25-33(49)13-17-38(42)41-20-16-36(52)28-45(41)56(29)37-12-8-10-31(24-37)47(57)53-21-5-4-6-22-54(2)48(58)32-11-7-9-30(23-32)46-43-26-34(50)14-18-39(43)40-19-15-35(51)27-44(40)55(46)3/h7-14,16-18,20,23-28,51-52H,4-6,21-22,49-50H2,1-3H3,(H,53,57)/p+2. The molecule has 2 heterocycles. The zero-order valence-corrected chi connectivity index (χ0v) is 32.9. The largest absolute Gasteiger partial charge is 0.399 e. The number of carbonyl (C=O) groups is 2. The first-order valence-corrected chi connectivity index (χ1v) is 19.4. The average molecular weight is 767 g/mol. The van der Waals surface area contributed by atoms with E-state index in [4.69, 9.17) is 22.9 Å². The number of nitrogens with one attached hydrogen (secondary N) is 1.